The lowest BCUT2D eigenvalue weighted by atomic mass is 10.2. The molecule has 5 nitrogen and oxygen atoms in total. The summed E-state index contributed by atoms with van der Waals surface area (Å²) < 4.78 is 4.77. The van der Waals surface area contributed by atoms with E-state index in [2.05, 4.69) is 11.9 Å². The second kappa shape index (κ2) is 8.91. The zero-order valence-corrected chi connectivity index (χ0v) is 9.75. The predicted octanol–water partition coefficient (Wildman–Crippen LogP) is 0.351. The van der Waals surface area contributed by atoms with E-state index in [-0.39, 0.29) is 11.9 Å². The second-order valence-corrected chi connectivity index (χ2v) is 3.42. The lowest BCUT2D eigenvalue weighted by Gasteiger charge is -2.06. The van der Waals surface area contributed by atoms with Crippen LogP contribution in [0, 0.1) is 0 Å². The standard InChI is InChI=1S/C11H20N2O3/c1-3-16-11(15)9(2)8-13-7-5-4-6-10(12)14/h13H,2-8H2,1H3,(H2,12,14). The fourth-order valence-electron chi connectivity index (χ4n) is 1.09. The molecule has 0 rings (SSSR count). The van der Waals surface area contributed by atoms with Gasteiger partial charge in [0.25, 0.3) is 0 Å². The molecule has 0 bridgehead atoms. The van der Waals surface area contributed by atoms with Gasteiger partial charge in [-0.25, -0.2) is 4.79 Å². The molecule has 16 heavy (non-hydrogen) atoms. The molecule has 0 unspecified atom stereocenters. The smallest absolute Gasteiger partial charge is 0.334 e. The number of unbranched alkanes of at least 4 members (excludes halogenated alkanes) is 1. The summed E-state index contributed by atoms with van der Waals surface area (Å²) in [6, 6.07) is 0. The first-order chi connectivity index (χ1) is 7.57. The van der Waals surface area contributed by atoms with E-state index < -0.39 is 0 Å². The quantitative estimate of drug-likeness (QED) is 0.339. The van der Waals surface area contributed by atoms with Gasteiger partial charge >= 0.3 is 5.97 Å². The molecule has 0 heterocycles. The monoisotopic (exact) mass is 228 g/mol. The Hall–Kier alpha value is -1.36. The van der Waals surface area contributed by atoms with Gasteiger partial charge < -0.3 is 15.8 Å². The van der Waals surface area contributed by atoms with Gasteiger partial charge in [-0.1, -0.05) is 6.58 Å². The van der Waals surface area contributed by atoms with Gasteiger partial charge in [0.15, 0.2) is 0 Å². The van der Waals surface area contributed by atoms with Gasteiger partial charge in [0, 0.05) is 18.5 Å². The predicted molar refractivity (Wildman–Crippen MR) is 61.7 cm³/mol. The molecule has 0 aromatic carbocycles. The molecule has 0 saturated heterocycles. The third-order valence-corrected chi connectivity index (χ3v) is 1.93. The summed E-state index contributed by atoms with van der Waals surface area (Å²) in [6.45, 7) is 6.86. The number of nitrogens with one attached hydrogen (secondary N) is 1. The highest BCUT2D eigenvalue weighted by atomic mass is 16.5. The number of carbonyl (C=O) groups excluding carboxylic acids is 2. The number of rotatable bonds is 9. The van der Waals surface area contributed by atoms with E-state index >= 15 is 0 Å². The van der Waals surface area contributed by atoms with E-state index in [0.717, 1.165) is 19.4 Å². The van der Waals surface area contributed by atoms with Crippen LogP contribution in [0.4, 0.5) is 0 Å². The minimum atomic E-state index is -0.368. The van der Waals surface area contributed by atoms with Crippen molar-refractivity contribution in [1.82, 2.24) is 5.32 Å². The largest absolute Gasteiger partial charge is 0.463 e. The molecule has 92 valence electrons. The van der Waals surface area contributed by atoms with Crippen LogP contribution in [-0.2, 0) is 14.3 Å². The van der Waals surface area contributed by atoms with E-state index in [1.165, 1.54) is 0 Å². The van der Waals surface area contributed by atoms with Gasteiger partial charge in [-0.2, -0.15) is 0 Å². The highest BCUT2D eigenvalue weighted by Gasteiger charge is 2.06. The molecule has 0 aromatic heterocycles. The van der Waals surface area contributed by atoms with E-state index in [0.29, 0.717) is 25.1 Å². The molecular formula is C11H20N2O3. The van der Waals surface area contributed by atoms with Crippen LogP contribution in [0.25, 0.3) is 0 Å². The SMILES string of the molecule is C=C(CNCCCCC(N)=O)C(=O)OCC. The van der Waals surface area contributed by atoms with Crippen molar-refractivity contribution in [3.8, 4) is 0 Å². The fraction of sp³-hybridized carbons (Fsp3) is 0.636. The average Bonchev–Trinajstić information content (AvgIpc) is 2.22. The Morgan fingerprint density at radius 1 is 1.38 bits per heavy atom. The topological polar surface area (TPSA) is 81.4 Å². The van der Waals surface area contributed by atoms with Crippen LogP contribution < -0.4 is 11.1 Å². The molecule has 1 amide bonds. The van der Waals surface area contributed by atoms with E-state index in [4.69, 9.17) is 10.5 Å². The lowest BCUT2D eigenvalue weighted by Crippen LogP contribution is -2.23. The van der Waals surface area contributed by atoms with Gasteiger partial charge in [0.05, 0.1) is 6.61 Å². The van der Waals surface area contributed by atoms with Crippen LogP contribution in [0.2, 0.25) is 0 Å². The summed E-state index contributed by atoms with van der Waals surface area (Å²) in [5.74, 6) is -0.650. The van der Waals surface area contributed by atoms with Crippen molar-refractivity contribution < 1.29 is 14.3 Å². The van der Waals surface area contributed by atoms with Crippen LogP contribution in [0.15, 0.2) is 12.2 Å². The average molecular weight is 228 g/mol. The third kappa shape index (κ3) is 7.99. The number of ether oxygens (including phenoxy) is 1. The Bertz CT molecular complexity index is 252. The molecule has 0 aliphatic carbocycles. The van der Waals surface area contributed by atoms with Gasteiger partial charge in [-0.05, 0) is 26.3 Å². The van der Waals surface area contributed by atoms with Gasteiger partial charge in [-0.15, -0.1) is 0 Å². The normalized spacial score (nSPS) is 9.81. The highest BCUT2D eigenvalue weighted by molar-refractivity contribution is 5.88. The van der Waals surface area contributed by atoms with Crippen LogP contribution in [0.5, 0.6) is 0 Å². The molecule has 0 spiro atoms. The van der Waals surface area contributed by atoms with Crippen molar-refractivity contribution in [3.05, 3.63) is 12.2 Å². The van der Waals surface area contributed by atoms with E-state index in [1.54, 1.807) is 6.92 Å². The Labute approximate surface area is 96.0 Å². The maximum atomic E-state index is 11.1. The summed E-state index contributed by atoms with van der Waals surface area (Å²) in [7, 11) is 0. The molecule has 3 N–H and O–H groups in total. The Balaban J connectivity index is 3.41. The van der Waals surface area contributed by atoms with Crippen molar-refractivity contribution >= 4 is 11.9 Å². The van der Waals surface area contributed by atoms with Crippen LogP contribution in [0.3, 0.4) is 0 Å². The van der Waals surface area contributed by atoms with Gasteiger partial charge in [0.2, 0.25) is 5.91 Å². The zero-order chi connectivity index (χ0) is 12.4. The summed E-state index contributed by atoms with van der Waals surface area (Å²) in [5.41, 5.74) is 5.41. The first-order valence-corrected chi connectivity index (χ1v) is 5.41. The number of hydrogen-bond acceptors (Lipinski definition) is 4. The minimum Gasteiger partial charge on any atom is -0.463 e. The first-order valence-electron chi connectivity index (χ1n) is 5.41. The van der Waals surface area contributed by atoms with Gasteiger partial charge in [0.1, 0.15) is 0 Å². The fourth-order valence-corrected chi connectivity index (χ4v) is 1.09. The van der Waals surface area contributed by atoms with Crippen molar-refractivity contribution in [2.24, 2.45) is 5.73 Å². The maximum absolute atomic E-state index is 11.1. The van der Waals surface area contributed by atoms with E-state index in [1.807, 2.05) is 0 Å². The molecule has 0 aliphatic rings. The molecule has 0 atom stereocenters. The number of esters is 1. The molecule has 0 radical (unpaired) electrons. The number of primary amides is 1. The van der Waals surface area contributed by atoms with Crippen LogP contribution in [-0.4, -0.2) is 31.6 Å². The summed E-state index contributed by atoms with van der Waals surface area (Å²) in [6.07, 6.45) is 2.01. The van der Waals surface area contributed by atoms with Crippen molar-refractivity contribution in [2.45, 2.75) is 26.2 Å². The molecule has 0 fully saturated rings. The number of hydrogen-bond donors (Lipinski definition) is 2. The number of carbonyl (C=O) groups is 2. The first kappa shape index (κ1) is 14.6. The third-order valence-electron chi connectivity index (χ3n) is 1.93. The second-order valence-electron chi connectivity index (χ2n) is 3.42. The summed E-state index contributed by atoms with van der Waals surface area (Å²) >= 11 is 0. The maximum Gasteiger partial charge on any atom is 0.334 e. The van der Waals surface area contributed by atoms with Gasteiger partial charge in [-0.3, -0.25) is 4.79 Å². The van der Waals surface area contributed by atoms with E-state index in [9.17, 15) is 9.59 Å². The molecule has 0 aromatic rings. The lowest BCUT2D eigenvalue weighted by molar-refractivity contribution is -0.138. The Morgan fingerprint density at radius 2 is 2.06 bits per heavy atom. The van der Waals surface area contributed by atoms with Crippen molar-refractivity contribution in [3.63, 3.8) is 0 Å². The number of nitrogens with two attached hydrogens (primary N) is 1. The van der Waals surface area contributed by atoms with Crippen LogP contribution in [0.1, 0.15) is 26.2 Å². The summed E-state index contributed by atoms with van der Waals surface area (Å²) in [5, 5.41) is 3.05. The minimum absolute atomic E-state index is 0.282. The molecule has 5 heteroatoms. The summed E-state index contributed by atoms with van der Waals surface area (Å²) in [4.78, 5) is 21.6. The molecule has 0 saturated carbocycles. The Morgan fingerprint density at radius 3 is 2.62 bits per heavy atom. The van der Waals surface area contributed by atoms with Crippen molar-refractivity contribution in [1.29, 1.82) is 0 Å². The molecule has 0 aliphatic heterocycles. The zero-order valence-electron chi connectivity index (χ0n) is 9.75. The van der Waals surface area contributed by atoms with Crippen LogP contribution >= 0.6 is 0 Å². The highest BCUT2D eigenvalue weighted by Crippen LogP contribution is 1.95. The molecular weight excluding hydrogens is 208 g/mol. The van der Waals surface area contributed by atoms with Crippen molar-refractivity contribution in [2.75, 3.05) is 19.7 Å². The Kier molecular flexibility index (Phi) is 8.15. The number of amides is 1.